The molecule has 10 heteroatoms. The fourth-order valence-electron chi connectivity index (χ4n) is 7.19. The molecule has 2 aliphatic rings. The number of aromatic nitrogens is 2. The van der Waals surface area contributed by atoms with Gasteiger partial charge in [-0.2, -0.15) is 0 Å². The van der Waals surface area contributed by atoms with Crippen LogP contribution in [-0.4, -0.2) is 76.2 Å². The number of carbonyl (C=O) groups excluding carboxylic acids is 1. The van der Waals surface area contributed by atoms with E-state index in [0.717, 1.165) is 85.9 Å². The van der Waals surface area contributed by atoms with Crippen LogP contribution in [0.2, 0.25) is 10.0 Å². The molecule has 244 valence electrons. The van der Waals surface area contributed by atoms with Crippen molar-refractivity contribution in [1.29, 1.82) is 0 Å². The van der Waals surface area contributed by atoms with Crippen molar-refractivity contribution in [1.82, 2.24) is 19.4 Å². The van der Waals surface area contributed by atoms with Gasteiger partial charge in [-0.15, -0.1) is 0 Å². The fourth-order valence-corrected chi connectivity index (χ4v) is 7.49. The van der Waals surface area contributed by atoms with Crippen molar-refractivity contribution in [2.75, 3.05) is 50.7 Å². The fraction of sp³-hybridized carbons (Fsp3) is 0.351. The molecule has 1 N–H and O–H groups in total. The highest BCUT2D eigenvalue weighted by Crippen LogP contribution is 2.41. The predicted octanol–water partition coefficient (Wildman–Crippen LogP) is 6.86. The second-order valence-corrected chi connectivity index (χ2v) is 13.5. The minimum absolute atomic E-state index is 0.0722. The van der Waals surface area contributed by atoms with Gasteiger partial charge in [0.2, 0.25) is 5.95 Å². The Balaban J connectivity index is 1.08. The van der Waals surface area contributed by atoms with Crippen LogP contribution in [0.25, 0.3) is 11.0 Å². The zero-order valence-corrected chi connectivity index (χ0v) is 27.8. The summed E-state index contributed by atoms with van der Waals surface area (Å²) < 4.78 is 8.08. The smallest absolute Gasteiger partial charge is 0.253 e. The highest BCUT2D eigenvalue weighted by molar-refractivity contribution is 6.42. The van der Waals surface area contributed by atoms with Gasteiger partial charge in [-0.25, -0.2) is 4.98 Å². The second-order valence-electron chi connectivity index (χ2n) is 12.7. The van der Waals surface area contributed by atoms with Gasteiger partial charge in [0.1, 0.15) is 18.1 Å². The summed E-state index contributed by atoms with van der Waals surface area (Å²) in [6, 6.07) is 27.5. The lowest BCUT2D eigenvalue weighted by Crippen LogP contribution is -2.39. The molecule has 1 atom stereocenters. The Kier molecular flexibility index (Phi) is 9.28. The molecule has 1 amide bonds. The molecule has 0 saturated carbocycles. The number of hydrogen-bond acceptors (Lipinski definition) is 6. The number of benzene rings is 3. The van der Waals surface area contributed by atoms with Crippen molar-refractivity contribution in [3.63, 3.8) is 0 Å². The number of likely N-dealkylation sites (tertiary alicyclic amines) is 1. The van der Waals surface area contributed by atoms with Gasteiger partial charge in [0, 0.05) is 43.7 Å². The maximum atomic E-state index is 13.5. The third kappa shape index (κ3) is 6.65. The highest BCUT2D eigenvalue weighted by atomic mass is 35.5. The van der Waals surface area contributed by atoms with Crippen LogP contribution in [0.3, 0.4) is 0 Å². The normalized spacial score (nSPS) is 19.0. The Morgan fingerprint density at radius 1 is 0.872 bits per heavy atom. The third-order valence-corrected chi connectivity index (χ3v) is 10.5. The molecule has 3 aromatic carbocycles. The Hall–Kier alpha value is -3.82. The molecule has 47 heavy (non-hydrogen) atoms. The van der Waals surface area contributed by atoms with Gasteiger partial charge < -0.3 is 28.8 Å². The summed E-state index contributed by atoms with van der Waals surface area (Å²) in [6.45, 7) is 6.32. The number of carbonyl (C=O) groups is 1. The molecule has 0 spiro atoms. The summed E-state index contributed by atoms with van der Waals surface area (Å²) >= 11 is 12.9. The van der Waals surface area contributed by atoms with Gasteiger partial charge >= 0.3 is 0 Å². The molecule has 2 aliphatic heterocycles. The average molecular weight is 673 g/mol. The molecule has 0 aliphatic carbocycles. The summed E-state index contributed by atoms with van der Waals surface area (Å²) in [5.41, 5.74) is 3.66. The number of furan rings is 1. The minimum Gasteiger partial charge on any atom is -0.462 e. The van der Waals surface area contributed by atoms with Gasteiger partial charge in [-0.1, -0.05) is 59.6 Å². The van der Waals surface area contributed by atoms with Gasteiger partial charge in [-0.3, -0.25) is 4.79 Å². The summed E-state index contributed by atoms with van der Waals surface area (Å²) in [5, 5.41) is 10.6. The number of halogens is 2. The number of anilines is 1. The first-order valence-corrected chi connectivity index (χ1v) is 17.1. The molecule has 0 bridgehead atoms. The van der Waals surface area contributed by atoms with Crippen LogP contribution >= 0.6 is 23.2 Å². The van der Waals surface area contributed by atoms with Crippen LogP contribution in [0.5, 0.6) is 0 Å². The van der Waals surface area contributed by atoms with E-state index in [9.17, 15) is 9.90 Å². The number of fused-ring (bicyclic) bond motifs is 1. The van der Waals surface area contributed by atoms with Crippen LogP contribution < -0.4 is 4.90 Å². The maximum Gasteiger partial charge on any atom is 0.253 e. The lowest BCUT2D eigenvalue weighted by Gasteiger charge is -2.33. The maximum absolute atomic E-state index is 13.5. The van der Waals surface area contributed by atoms with E-state index in [4.69, 9.17) is 32.6 Å². The molecule has 2 fully saturated rings. The van der Waals surface area contributed by atoms with Crippen molar-refractivity contribution in [2.45, 2.75) is 37.8 Å². The van der Waals surface area contributed by atoms with E-state index >= 15 is 0 Å². The topological polar surface area (TPSA) is 78.0 Å². The SMILES string of the molecule is O=C(c1ccccc1)N1CCC(CCN2CCCN(c3nc4ccccc4n3Cc3ccc(CO)o3)CC2)(c2ccc(Cl)c(Cl)c2)C1. The Morgan fingerprint density at radius 3 is 2.49 bits per heavy atom. The zero-order chi connectivity index (χ0) is 32.4. The summed E-state index contributed by atoms with van der Waals surface area (Å²) in [4.78, 5) is 25.5. The predicted molar refractivity (Wildman–Crippen MR) is 186 cm³/mol. The summed E-state index contributed by atoms with van der Waals surface area (Å²) in [7, 11) is 0. The zero-order valence-electron chi connectivity index (χ0n) is 26.3. The number of aliphatic hydroxyl groups is 1. The average Bonchev–Trinajstić information content (AvgIpc) is 3.80. The van der Waals surface area contributed by atoms with Crippen molar-refractivity contribution in [2.24, 2.45) is 0 Å². The van der Waals surface area contributed by atoms with E-state index < -0.39 is 0 Å². The number of nitrogens with zero attached hydrogens (tertiary/aromatic N) is 5. The van der Waals surface area contributed by atoms with Crippen LogP contribution in [0.1, 0.15) is 46.7 Å². The highest BCUT2D eigenvalue weighted by Gasteiger charge is 2.42. The Bertz CT molecular complexity index is 1860. The molecular weight excluding hydrogens is 633 g/mol. The van der Waals surface area contributed by atoms with E-state index in [0.29, 0.717) is 35.4 Å². The summed E-state index contributed by atoms with van der Waals surface area (Å²) in [5.74, 6) is 2.36. The number of hydrogen-bond donors (Lipinski definition) is 1. The van der Waals surface area contributed by atoms with Gasteiger partial charge in [-0.05, 0) is 86.4 Å². The molecule has 0 radical (unpaired) electrons. The quantitative estimate of drug-likeness (QED) is 0.184. The van der Waals surface area contributed by atoms with Gasteiger partial charge in [0.25, 0.3) is 5.91 Å². The lowest BCUT2D eigenvalue weighted by atomic mass is 9.76. The van der Waals surface area contributed by atoms with E-state index in [1.54, 1.807) is 0 Å². The number of amides is 1. The Labute approximate surface area is 285 Å². The number of imidazole rings is 1. The lowest BCUT2D eigenvalue weighted by molar-refractivity contribution is 0.0781. The molecule has 5 aromatic rings. The van der Waals surface area contributed by atoms with Crippen molar-refractivity contribution >= 4 is 46.1 Å². The van der Waals surface area contributed by atoms with Crippen LogP contribution in [0.15, 0.2) is 89.3 Å². The van der Waals surface area contributed by atoms with E-state index in [1.807, 2.05) is 71.6 Å². The van der Waals surface area contributed by atoms with E-state index in [1.165, 1.54) is 0 Å². The van der Waals surface area contributed by atoms with Crippen LogP contribution in [-0.2, 0) is 18.6 Å². The van der Waals surface area contributed by atoms with E-state index in [-0.39, 0.29) is 17.9 Å². The Morgan fingerprint density at radius 2 is 1.68 bits per heavy atom. The molecule has 2 saturated heterocycles. The molecule has 4 heterocycles. The molecule has 2 aromatic heterocycles. The van der Waals surface area contributed by atoms with Crippen molar-refractivity contribution < 1.29 is 14.3 Å². The van der Waals surface area contributed by atoms with Crippen molar-refractivity contribution in [3.05, 3.63) is 118 Å². The number of rotatable bonds is 9. The first-order valence-electron chi connectivity index (χ1n) is 16.3. The second kappa shape index (κ2) is 13.7. The molecule has 1 unspecified atom stereocenters. The first-order chi connectivity index (χ1) is 22.9. The standard InChI is InChI=1S/C37H39Cl2N5O3/c38-31-14-11-28(23-32(31)39)37(16-20-43(26-37)35(46)27-7-2-1-3-8-27)15-19-41-17-6-18-42(22-21-41)36-40-33-9-4-5-10-34(33)44(36)24-29-12-13-30(25-45)47-29/h1-5,7-14,23,45H,6,15-22,24-26H2. The molecule has 7 rings (SSSR count). The largest absolute Gasteiger partial charge is 0.462 e. The van der Waals surface area contributed by atoms with Crippen LogP contribution in [0.4, 0.5) is 5.95 Å². The number of aliphatic hydroxyl groups excluding tert-OH is 1. The molecule has 8 nitrogen and oxygen atoms in total. The van der Waals surface area contributed by atoms with Crippen LogP contribution in [0, 0.1) is 0 Å². The minimum atomic E-state index is -0.213. The number of para-hydroxylation sites is 2. The van der Waals surface area contributed by atoms with Gasteiger partial charge in [0.15, 0.2) is 0 Å². The van der Waals surface area contributed by atoms with Crippen molar-refractivity contribution in [3.8, 4) is 0 Å². The summed E-state index contributed by atoms with van der Waals surface area (Å²) in [6.07, 6.45) is 2.79. The first kappa shape index (κ1) is 31.8. The van der Waals surface area contributed by atoms with Gasteiger partial charge in [0.05, 0.1) is 27.6 Å². The molecular formula is C37H39Cl2N5O3. The monoisotopic (exact) mass is 671 g/mol. The van der Waals surface area contributed by atoms with E-state index in [2.05, 4.69) is 32.6 Å². The third-order valence-electron chi connectivity index (χ3n) is 9.79.